The Morgan fingerprint density at radius 1 is 0.964 bits per heavy atom. The third-order valence-corrected chi connectivity index (χ3v) is 6.26. The zero-order valence-corrected chi connectivity index (χ0v) is 18.4. The lowest BCUT2D eigenvalue weighted by Gasteiger charge is -2.19. The number of carbonyl (C=O) groups excluding carboxylic acids is 2. The van der Waals surface area contributed by atoms with Crippen LogP contribution in [0.2, 0.25) is 15.1 Å². The first kappa shape index (κ1) is 20.9. The van der Waals surface area contributed by atoms with Crippen molar-refractivity contribution < 1.29 is 9.59 Å². The number of hydrogen-bond donors (Lipinski definition) is 2. The number of hydrogen-bond acceptors (Lipinski definition) is 3. The van der Waals surface area contributed by atoms with Gasteiger partial charge >= 0.3 is 0 Å². The number of halogens is 3. The lowest BCUT2D eigenvalue weighted by atomic mass is 10.1. The van der Waals surface area contributed by atoms with E-state index in [-0.39, 0.29) is 17.4 Å². The Kier molecular flexibility index (Phi) is 5.92. The van der Waals surface area contributed by atoms with Crippen LogP contribution >= 0.6 is 46.1 Å². The zero-order valence-electron chi connectivity index (χ0n) is 15.3. The van der Waals surface area contributed by atoms with Crippen molar-refractivity contribution in [2.24, 2.45) is 0 Å². The molecule has 0 aliphatic carbocycles. The van der Waals surface area contributed by atoms with E-state index in [2.05, 4.69) is 10.6 Å². The second-order valence-corrected chi connectivity index (χ2v) is 9.43. The molecule has 146 valence electrons. The maximum Gasteiger partial charge on any atom is 0.263 e. The summed E-state index contributed by atoms with van der Waals surface area (Å²) in [5.74, 6) is -0.586. The predicted octanol–water partition coefficient (Wildman–Crippen LogP) is 6.64. The van der Waals surface area contributed by atoms with Gasteiger partial charge in [-0.25, -0.2) is 0 Å². The zero-order chi connectivity index (χ0) is 20.6. The molecule has 0 unspecified atom stereocenters. The van der Waals surface area contributed by atoms with Gasteiger partial charge in [0.25, 0.3) is 11.8 Å². The van der Waals surface area contributed by atoms with E-state index in [9.17, 15) is 9.59 Å². The summed E-state index contributed by atoms with van der Waals surface area (Å²) in [6.45, 7) is 5.69. The van der Waals surface area contributed by atoms with Crippen LogP contribution in [0, 0.1) is 0 Å². The highest BCUT2D eigenvalue weighted by molar-refractivity contribution is 7.22. The van der Waals surface area contributed by atoms with Gasteiger partial charge in [-0.15, -0.1) is 11.3 Å². The summed E-state index contributed by atoms with van der Waals surface area (Å²) < 4.78 is 0.722. The first-order chi connectivity index (χ1) is 13.1. The molecule has 0 aliphatic rings. The van der Waals surface area contributed by atoms with Crippen LogP contribution in [0.25, 0.3) is 10.1 Å². The van der Waals surface area contributed by atoms with Crippen molar-refractivity contribution in [3.8, 4) is 0 Å². The summed E-state index contributed by atoms with van der Waals surface area (Å²) in [6, 6.07) is 10.0. The van der Waals surface area contributed by atoms with E-state index in [0.717, 1.165) is 4.70 Å². The Balaban J connectivity index is 1.96. The van der Waals surface area contributed by atoms with E-state index in [4.69, 9.17) is 34.8 Å². The molecule has 0 bridgehead atoms. The molecule has 28 heavy (non-hydrogen) atoms. The van der Waals surface area contributed by atoms with E-state index in [1.807, 2.05) is 26.8 Å². The summed E-state index contributed by atoms with van der Waals surface area (Å²) in [6.07, 6.45) is 0. The number of amides is 2. The molecule has 2 aromatic carbocycles. The van der Waals surface area contributed by atoms with Crippen LogP contribution in [-0.2, 0) is 0 Å². The minimum atomic E-state index is -0.387. The molecule has 3 aromatic rings. The molecule has 3 rings (SSSR count). The molecule has 8 heteroatoms. The van der Waals surface area contributed by atoms with Crippen LogP contribution in [0.5, 0.6) is 0 Å². The van der Waals surface area contributed by atoms with Crippen molar-refractivity contribution in [3.63, 3.8) is 0 Å². The highest BCUT2D eigenvalue weighted by Crippen LogP contribution is 2.39. The van der Waals surface area contributed by atoms with Crippen molar-refractivity contribution in [3.05, 3.63) is 61.9 Å². The first-order valence-electron chi connectivity index (χ1n) is 8.37. The quantitative estimate of drug-likeness (QED) is 0.465. The summed E-state index contributed by atoms with van der Waals surface area (Å²) >= 11 is 19.6. The smallest absolute Gasteiger partial charge is 0.263 e. The van der Waals surface area contributed by atoms with Crippen LogP contribution in [0.4, 0.5) is 5.69 Å². The molecule has 0 aliphatic heterocycles. The van der Waals surface area contributed by atoms with Gasteiger partial charge in [-0.05, 0) is 45.0 Å². The number of rotatable bonds is 3. The summed E-state index contributed by atoms with van der Waals surface area (Å²) in [5, 5.41) is 7.51. The Hall–Kier alpha value is -1.79. The summed E-state index contributed by atoms with van der Waals surface area (Å²) in [5.41, 5.74) is 0.552. The maximum atomic E-state index is 12.6. The molecular formula is C20H17Cl3N2O2S. The van der Waals surface area contributed by atoms with Gasteiger partial charge in [-0.3, -0.25) is 9.59 Å². The van der Waals surface area contributed by atoms with Crippen LogP contribution < -0.4 is 10.6 Å². The third kappa shape index (κ3) is 4.44. The molecule has 2 amide bonds. The van der Waals surface area contributed by atoms with Crippen LogP contribution in [0.3, 0.4) is 0 Å². The van der Waals surface area contributed by atoms with Crippen molar-refractivity contribution in [1.82, 2.24) is 5.32 Å². The molecule has 4 nitrogen and oxygen atoms in total. The molecule has 0 saturated carbocycles. The summed E-state index contributed by atoms with van der Waals surface area (Å²) in [7, 11) is 0. The van der Waals surface area contributed by atoms with E-state index in [1.54, 1.807) is 24.3 Å². The molecule has 0 radical (unpaired) electrons. The first-order valence-corrected chi connectivity index (χ1v) is 10.3. The van der Waals surface area contributed by atoms with Gasteiger partial charge in [-0.2, -0.15) is 0 Å². The fourth-order valence-electron chi connectivity index (χ4n) is 2.56. The number of fused-ring (bicyclic) bond motifs is 1. The Bertz CT molecular complexity index is 1090. The molecule has 2 N–H and O–H groups in total. The molecule has 0 atom stereocenters. The predicted molar refractivity (Wildman–Crippen MR) is 118 cm³/mol. The molecule has 1 heterocycles. The van der Waals surface area contributed by atoms with Gasteiger partial charge in [0.05, 0.1) is 25.5 Å². The third-order valence-electron chi connectivity index (χ3n) is 3.78. The van der Waals surface area contributed by atoms with Gasteiger partial charge < -0.3 is 10.6 Å². The standard InChI is InChI=1S/C20H17Cl3N2O2S/c1-20(2,3)25-19(27)17-15(23)11-5-4-6-14(16(11)28-17)24-18(26)10-7-8-12(21)13(22)9-10/h4-9H,1-3H3,(H,24,26)(H,25,27). The highest BCUT2D eigenvalue weighted by atomic mass is 35.5. The second kappa shape index (κ2) is 7.91. The van der Waals surface area contributed by atoms with Gasteiger partial charge in [-0.1, -0.05) is 46.9 Å². The fraction of sp³-hybridized carbons (Fsp3) is 0.200. The minimum absolute atomic E-state index is 0.250. The highest BCUT2D eigenvalue weighted by Gasteiger charge is 2.23. The average molecular weight is 456 g/mol. The van der Waals surface area contributed by atoms with Gasteiger partial charge in [0, 0.05) is 16.5 Å². The monoisotopic (exact) mass is 454 g/mol. The number of anilines is 1. The fourth-order valence-corrected chi connectivity index (χ4v) is 4.33. The Morgan fingerprint density at radius 3 is 2.32 bits per heavy atom. The van der Waals surface area contributed by atoms with Crippen LogP contribution in [0.1, 0.15) is 40.8 Å². The van der Waals surface area contributed by atoms with Crippen molar-refractivity contribution in [1.29, 1.82) is 0 Å². The number of nitrogens with one attached hydrogen (secondary N) is 2. The number of benzene rings is 2. The molecular weight excluding hydrogens is 439 g/mol. The largest absolute Gasteiger partial charge is 0.347 e. The topological polar surface area (TPSA) is 58.2 Å². The van der Waals surface area contributed by atoms with E-state index < -0.39 is 0 Å². The van der Waals surface area contributed by atoms with Crippen LogP contribution in [0.15, 0.2) is 36.4 Å². The molecule has 0 fully saturated rings. The van der Waals surface area contributed by atoms with Gasteiger partial charge in [0.15, 0.2) is 0 Å². The normalized spacial score (nSPS) is 11.5. The van der Waals surface area contributed by atoms with Crippen molar-refractivity contribution in [2.75, 3.05) is 5.32 Å². The molecule has 0 spiro atoms. The SMILES string of the molecule is CC(C)(C)NC(=O)c1sc2c(NC(=O)c3ccc(Cl)c(Cl)c3)cccc2c1Cl. The number of thiophene rings is 1. The average Bonchev–Trinajstić information content (AvgIpc) is 2.94. The van der Waals surface area contributed by atoms with E-state index in [1.165, 1.54) is 17.4 Å². The Labute approximate surface area is 181 Å². The lowest BCUT2D eigenvalue weighted by Crippen LogP contribution is -2.40. The summed E-state index contributed by atoms with van der Waals surface area (Å²) in [4.78, 5) is 25.6. The van der Waals surface area contributed by atoms with Crippen molar-refractivity contribution >= 4 is 73.7 Å². The lowest BCUT2D eigenvalue weighted by molar-refractivity contribution is 0.0923. The van der Waals surface area contributed by atoms with Crippen LogP contribution in [-0.4, -0.2) is 17.4 Å². The van der Waals surface area contributed by atoms with Gasteiger partial charge in [0.1, 0.15) is 4.88 Å². The molecule has 0 saturated heterocycles. The second-order valence-electron chi connectivity index (χ2n) is 7.21. The Morgan fingerprint density at radius 2 is 1.68 bits per heavy atom. The maximum absolute atomic E-state index is 12.6. The van der Waals surface area contributed by atoms with Gasteiger partial charge in [0.2, 0.25) is 0 Å². The minimum Gasteiger partial charge on any atom is -0.347 e. The molecule has 1 aromatic heterocycles. The van der Waals surface area contributed by atoms with E-state index >= 15 is 0 Å². The number of carbonyl (C=O) groups is 2. The van der Waals surface area contributed by atoms with E-state index in [0.29, 0.717) is 36.6 Å². The van der Waals surface area contributed by atoms with Crippen molar-refractivity contribution in [2.45, 2.75) is 26.3 Å².